The van der Waals surface area contributed by atoms with Gasteiger partial charge < -0.3 is 9.88 Å². The molecule has 0 fully saturated rings. The minimum absolute atomic E-state index is 0.262. The van der Waals surface area contributed by atoms with E-state index in [1.807, 2.05) is 34.9 Å². The van der Waals surface area contributed by atoms with Crippen molar-refractivity contribution >= 4 is 16.8 Å². The zero-order valence-electron chi connectivity index (χ0n) is 13.9. The van der Waals surface area contributed by atoms with Crippen molar-refractivity contribution in [3.05, 3.63) is 84.1 Å². The second kappa shape index (κ2) is 7.07. The first-order valence-corrected chi connectivity index (χ1v) is 8.02. The number of halogens is 3. The number of hydrogen-bond donors (Lipinski definition) is 1. The molecule has 0 bridgehead atoms. The molecule has 1 amide bonds. The number of alkyl halides is 3. The number of aromatic nitrogens is 1. The lowest BCUT2D eigenvalue weighted by atomic mass is 10.1. The highest BCUT2D eigenvalue weighted by atomic mass is 19.4. The molecule has 26 heavy (non-hydrogen) atoms. The van der Waals surface area contributed by atoms with E-state index in [4.69, 9.17) is 0 Å². The highest BCUT2D eigenvalue weighted by Crippen LogP contribution is 2.30. The van der Waals surface area contributed by atoms with Gasteiger partial charge in [-0.2, -0.15) is 13.2 Å². The summed E-state index contributed by atoms with van der Waals surface area (Å²) in [4.78, 5) is 11.5. The van der Waals surface area contributed by atoms with E-state index in [1.54, 1.807) is 6.07 Å². The summed E-state index contributed by atoms with van der Waals surface area (Å²) >= 11 is 0. The van der Waals surface area contributed by atoms with Crippen molar-refractivity contribution in [2.75, 3.05) is 0 Å². The van der Waals surface area contributed by atoms with Crippen LogP contribution in [0.1, 0.15) is 16.8 Å². The molecule has 1 heterocycles. The molecule has 3 aromatic rings. The van der Waals surface area contributed by atoms with Crippen molar-refractivity contribution in [2.45, 2.75) is 19.3 Å². The summed E-state index contributed by atoms with van der Waals surface area (Å²) in [5.74, 6) is -0.305. The molecule has 1 N–H and O–H groups in total. The van der Waals surface area contributed by atoms with Crippen molar-refractivity contribution in [2.24, 2.45) is 0 Å². The third-order valence-electron chi connectivity index (χ3n) is 4.12. The highest BCUT2D eigenvalue weighted by Gasteiger charge is 2.30. The molecule has 3 nitrogen and oxygen atoms in total. The van der Waals surface area contributed by atoms with E-state index >= 15 is 0 Å². The molecule has 0 aliphatic carbocycles. The first-order chi connectivity index (χ1) is 12.4. The van der Waals surface area contributed by atoms with Gasteiger partial charge in [-0.1, -0.05) is 36.9 Å². The smallest absolute Gasteiger partial charge is 0.347 e. The maximum Gasteiger partial charge on any atom is 0.416 e. The van der Waals surface area contributed by atoms with Crippen LogP contribution < -0.4 is 5.32 Å². The van der Waals surface area contributed by atoms with Crippen LogP contribution in [0.3, 0.4) is 0 Å². The Morgan fingerprint density at radius 2 is 1.88 bits per heavy atom. The largest absolute Gasteiger partial charge is 0.416 e. The maximum atomic E-state index is 13.0. The number of nitrogens with one attached hydrogen (secondary N) is 1. The lowest BCUT2D eigenvalue weighted by Gasteiger charge is -2.13. The fourth-order valence-electron chi connectivity index (χ4n) is 2.88. The van der Waals surface area contributed by atoms with E-state index < -0.39 is 11.7 Å². The molecule has 0 aliphatic heterocycles. The lowest BCUT2D eigenvalue weighted by Crippen LogP contribution is -2.22. The van der Waals surface area contributed by atoms with Crippen LogP contribution in [0.5, 0.6) is 0 Å². The molecule has 0 saturated heterocycles. The van der Waals surface area contributed by atoms with Gasteiger partial charge in [0.05, 0.1) is 12.1 Å². The number of amides is 1. The Kier molecular flexibility index (Phi) is 4.84. The second-order valence-corrected chi connectivity index (χ2v) is 5.90. The van der Waals surface area contributed by atoms with Gasteiger partial charge in [0.25, 0.3) is 0 Å². The number of carbonyl (C=O) groups is 1. The average molecular weight is 358 g/mol. The zero-order chi connectivity index (χ0) is 18.7. The molecule has 2 aromatic carbocycles. The Bertz CT molecular complexity index is 957. The SMILES string of the molecule is C=CC(=O)NCc1cc2ccccc2n1Cc1cccc(C(F)(F)F)c1. The van der Waals surface area contributed by atoms with E-state index in [0.29, 0.717) is 5.56 Å². The average Bonchev–Trinajstić information content (AvgIpc) is 2.97. The summed E-state index contributed by atoms with van der Waals surface area (Å²) in [5.41, 5.74) is 1.57. The van der Waals surface area contributed by atoms with E-state index in [2.05, 4.69) is 11.9 Å². The van der Waals surface area contributed by atoms with E-state index in [0.717, 1.165) is 28.7 Å². The van der Waals surface area contributed by atoms with Crippen LogP contribution in [0.25, 0.3) is 10.9 Å². The summed E-state index contributed by atoms with van der Waals surface area (Å²) in [6.45, 7) is 3.95. The molecule has 0 atom stereocenters. The lowest BCUT2D eigenvalue weighted by molar-refractivity contribution is -0.137. The number of carbonyl (C=O) groups excluding carboxylic acids is 1. The Hall–Kier alpha value is -3.02. The van der Waals surface area contributed by atoms with Crippen LogP contribution in [0.4, 0.5) is 13.2 Å². The molecular formula is C20H17F3N2O. The van der Waals surface area contributed by atoms with Crippen molar-refractivity contribution in [3.8, 4) is 0 Å². The van der Waals surface area contributed by atoms with Gasteiger partial charge in [0.2, 0.25) is 5.91 Å². The van der Waals surface area contributed by atoms with Gasteiger partial charge in [-0.15, -0.1) is 0 Å². The molecule has 6 heteroatoms. The number of hydrogen-bond acceptors (Lipinski definition) is 1. The van der Waals surface area contributed by atoms with Gasteiger partial charge in [-0.05, 0) is 41.3 Å². The van der Waals surface area contributed by atoms with Crippen LogP contribution in [-0.2, 0) is 24.1 Å². The number of fused-ring (bicyclic) bond motifs is 1. The third-order valence-corrected chi connectivity index (χ3v) is 4.12. The Morgan fingerprint density at radius 1 is 1.12 bits per heavy atom. The van der Waals surface area contributed by atoms with Gasteiger partial charge in [0, 0.05) is 17.8 Å². The van der Waals surface area contributed by atoms with Crippen LogP contribution >= 0.6 is 0 Å². The summed E-state index contributed by atoms with van der Waals surface area (Å²) < 4.78 is 40.8. The number of benzene rings is 2. The molecule has 0 aliphatic rings. The highest BCUT2D eigenvalue weighted by molar-refractivity contribution is 5.87. The minimum atomic E-state index is -4.38. The first-order valence-electron chi connectivity index (χ1n) is 8.02. The molecule has 0 saturated carbocycles. The molecule has 0 spiro atoms. The predicted octanol–water partition coefficient (Wildman–Crippen LogP) is 4.51. The topological polar surface area (TPSA) is 34.0 Å². The molecule has 134 valence electrons. The van der Waals surface area contributed by atoms with E-state index in [1.165, 1.54) is 12.1 Å². The fourth-order valence-corrected chi connectivity index (χ4v) is 2.88. The van der Waals surface area contributed by atoms with E-state index in [-0.39, 0.29) is 19.0 Å². The Balaban J connectivity index is 1.98. The number of rotatable bonds is 5. The van der Waals surface area contributed by atoms with Crippen molar-refractivity contribution in [1.29, 1.82) is 0 Å². The summed E-state index contributed by atoms with van der Waals surface area (Å²) in [5, 5.41) is 3.67. The Labute approximate surface area is 148 Å². The zero-order valence-corrected chi connectivity index (χ0v) is 13.9. The van der Waals surface area contributed by atoms with Gasteiger partial charge >= 0.3 is 6.18 Å². The van der Waals surface area contributed by atoms with Gasteiger partial charge in [-0.3, -0.25) is 4.79 Å². The standard InChI is InChI=1S/C20H17F3N2O/c1-2-19(26)24-12-17-11-15-7-3-4-9-18(15)25(17)13-14-6-5-8-16(10-14)20(21,22)23/h2-11H,1,12-13H2,(H,24,26). The second-order valence-electron chi connectivity index (χ2n) is 5.90. The quantitative estimate of drug-likeness (QED) is 0.669. The van der Waals surface area contributed by atoms with Gasteiger partial charge in [0.1, 0.15) is 0 Å². The van der Waals surface area contributed by atoms with Crippen LogP contribution in [0.2, 0.25) is 0 Å². The molecule has 0 radical (unpaired) electrons. The summed E-state index contributed by atoms with van der Waals surface area (Å²) in [6.07, 6.45) is -3.20. The van der Waals surface area contributed by atoms with Gasteiger partial charge in [-0.25, -0.2) is 0 Å². The molecule has 3 rings (SSSR count). The summed E-state index contributed by atoms with van der Waals surface area (Å²) in [7, 11) is 0. The van der Waals surface area contributed by atoms with Crippen LogP contribution in [0.15, 0.2) is 67.3 Å². The van der Waals surface area contributed by atoms with Crippen LogP contribution in [-0.4, -0.2) is 10.5 Å². The molecular weight excluding hydrogens is 341 g/mol. The van der Waals surface area contributed by atoms with Gasteiger partial charge in [0.15, 0.2) is 0 Å². The predicted molar refractivity (Wildman–Crippen MR) is 94.5 cm³/mol. The van der Waals surface area contributed by atoms with Crippen molar-refractivity contribution < 1.29 is 18.0 Å². The first kappa shape index (κ1) is 17.8. The molecule has 0 unspecified atom stereocenters. The monoisotopic (exact) mass is 358 g/mol. The molecule has 1 aromatic heterocycles. The maximum absolute atomic E-state index is 13.0. The minimum Gasteiger partial charge on any atom is -0.347 e. The summed E-state index contributed by atoms with van der Waals surface area (Å²) in [6, 6.07) is 14.8. The third kappa shape index (κ3) is 3.79. The van der Waals surface area contributed by atoms with E-state index in [9.17, 15) is 18.0 Å². The van der Waals surface area contributed by atoms with Crippen molar-refractivity contribution in [3.63, 3.8) is 0 Å². The Morgan fingerprint density at radius 3 is 2.62 bits per heavy atom. The number of nitrogens with zero attached hydrogens (tertiary/aromatic N) is 1. The van der Waals surface area contributed by atoms with Crippen molar-refractivity contribution in [1.82, 2.24) is 9.88 Å². The van der Waals surface area contributed by atoms with Crippen LogP contribution in [0, 0.1) is 0 Å². The number of para-hydroxylation sites is 1. The normalized spacial score (nSPS) is 11.5. The fraction of sp³-hybridized carbons (Fsp3) is 0.150.